The van der Waals surface area contributed by atoms with Crippen LogP contribution in [0.2, 0.25) is 0 Å². The van der Waals surface area contributed by atoms with Crippen LogP contribution in [0.5, 0.6) is 0 Å². The molecule has 0 saturated carbocycles. The van der Waals surface area contributed by atoms with Gasteiger partial charge in [0.15, 0.2) is 5.96 Å². The number of nitrogens with zero attached hydrogens (tertiary/aromatic N) is 2. The fourth-order valence-electron chi connectivity index (χ4n) is 1.14. The number of amides is 1. The maximum absolute atomic E-state index is 11.5. The van der Waals surface area contributed by atoms with E-state index in [1.807, 2.05) is 20.8 Å². The molecular weight excluding hydrogens is 192 g/mol. The second-order valence-corrected chi connectivity index (χ2v) is 3.19. The number of rotatable bonds is 6. The molecule has 1 amide bonds. The van der Waals surface area contributed by atoms with Crippen LogP contribution in [0.15, 0.2) is 4.99 Å². The maximum atomic E-state index is 11.5. The highest BCUT2D eigenvalue weighted by atomic mass is 16.2. The quantitative estimate of drug-likeness (QED) is 0.489. The van der Waals surface area contributed by atoms with Crippen LogP contribution in [0.1, 0.15) is 27.2 Å². The van der Waals surface area contributed by atoms with Crippen molar-refractivity contribution in [2.45, 2.75) is 27.2 Å². The average Bonchev–Trinajstić information content (AvgIpc) is 2.25. The van der Waals surface area contributed by atoms with Gasteiger partial charge in [0.05, 0.1) is 0 Å². The van der Waals surface area contributed by atoms with E-state index in [1.54, 1.807) is 4.90 Å². The third-order valence-electron chi connectivity index (χ3n) is 2.06. The molecule has 0 spiro atoms. The standard InChI is InChI=1S/C10H22N4O/c1-4-7-12-10(11)13-8-9(15)14(5-2)6-3/h4-8H2,1-3H3,(H3,11,12,13). The van der Waals surface area contributed by atoms with E-state index in [-0.39, 0.29) is 12.5 Å². The molecule has 0 rings (SSSR count). The van der Waals surface area contributed by atoms with Crippen LogP contribution >= 0.6 is 0 Å². The molecule has 5 heteroatoms. The first-order valence-electron chi connectivity index (χ1n) is 5.47. The van der Waals surface area contributed by atoms with Gasteiger partial charge in [-0.25, -0.2) is 4.99 Å². The van der Waals surface area contributed by atoms with Crippen molar-refractivity contribution in [3.05, 3.63) is 0 Å². The Balaban J connectivity index is 3.96. The van der Waals surface area contributed by atoms with E-state index in [0.717, 1.165) is 13.0 Å². The molecule has 0 aliphatic carbocycles. The number of aliphatic imine (C=N–C) groups is 1. The van der Waals surface area contributed by atoms with Crippen LogP contribution in [0, 0.1) is 0 Å². The molecule has 0 bridgehead atoms. The summed E-state index contributed by atoms with van der Waals surface area (Å²) in [7, 11) is 0. The Morgan fingerprint density at radius 1 is 1.33 bits per heavy atom. The highest BCUT2D eigenvalue weighted by Gasteiger charge is 2.07. The predicted molar refractivity (Wildman–Crippen MR) is 62.7 cm³/mol. The molecular formula is C10H22N4O. The molecule has 5 nitrogen and oxygen atoms in total. The van der Waals surface area contributed by atoms with Gasteiger partial charge in [0.25, 0.3) is 0 Å². The average molecular weight is 214 g/mol. The highest BCUT2D eigenvalue weighted by molar-refractivity contribution is 5.83. The smallest absolute Gasteiger partial charge is 0.244 e. The van der Waals surface area contributed by atoms with E-state index in [2.05, 4.69) is 10.3 Å². The van der Waals surface area contributed by atoms with Gasteiger partial charge in [-0.15, -0.1) is 0 Å². The van der Waals surface area contributed by atoms with E-state index in [4.69, 9.17) is 5.73 Å². The van der Waals surface area contributed by atoms with Gasteiger partial charge in [0.2, 0.25) is 5.91 Å². The van der Waals surface area contributed by atoms with E-state index in [9.17, 15) is 4.79 Å². The zero-order chi connectivity index (χ0) is 11.7. The summed E-state index contributed by atoms with van der Waals surface area (Å²) < 4.78 is 0. The van der Waals surface area contributed by atoms with E-state index in [0.29, 0.717) is 19.0 Å². The summed E-state index contributed by atoms with van der Waals surface area (Å²) in [6.45, 7) is 8.29. The van der Waals surface area contributed by atoms with E-state index in [1.165, 1.54) is 0 Å². The molecule has 88 valence electrons. The van der Waals surface area contributed by atoms with Crippen LogP contribution in [0.3, 0.4) is 0 Å². The zero-order valence-electron chi connectivity index (χ0n) is 9.92. The second kappa shape index (κ2) is 8.08. The third-order valence-corrected chi connectivity index (χ3v) is 2.06. The first-order valence-corrected chi connectivity index (χ1v) is 5.47. The number of likely N-dealkylation sites (N-methyl/N-ethyl adjacent to an activating group) is 1. The van der Waals surface area contributed by atoms with Gasteiger partial charge in [-0.05, 0) is 20.3 Å². The Morgan fingerprint density at radius 3 is 2.40 bits per heavy atom. The molecule has 0 fully saturated rings. The lowest BCUT2D eigenvalue weighted by atomic mass is 10.4. The van der Waals surface area contributed by atoms with Gasteiger partial charge in [0.1, 0.15) is 6.54 Å². The third kappa shape index (κ3) is 5.93. The monoisotopic (exact) mass is 214 g/mol. The topological polar surface area (TPSA) is 70.7 Å². The number of nitrogens with two attached hydrogens (primary N) is 1. The first kappa shape index (κ1) is 13.7. The first-order chi connectivity index (χ1) is 7.15. The zero-order valence-corrected chi connectivity index (χ0v) is 9.92. The van der Waals surface area contributed by atoms with Crippen LogP contribution in [0.4, 0.5) is 0 Å². The van der Waals surface area contributed by atoms with Gasteiger partial charge in [-0.3, -0.25) is 4.79 Å². The van der Waals surface area contributed by atoms with Crippen molar-refractivity contribution in [2.24, 2.45) is 10.7 Å². The fraction of sp³-hybridized carbons (Fsp3) is 0.800. The molecule has 0 unspecified atom stereocenters. The fourth-order valence-corrected chi connectivity index (χ4v) is 1.14. The Kier molecular flexibility index (Phi) is 7.40. The summed E-state index contributed by atoms with van der Waals surface area (Å²) in [5, 5.41) is 2.92. The maximum Gasteiger partial charge on any atom is 0.244 e. The number of hydrogen-bond donors (Lipinski definition) is 2. The van der Waals surface area contributed by atoms with Crippen LogP contribution in [-0.4, -0.2) is 42.9 Å². The predicted octanol–water partition coefficient (Wildman–Crippen LogP) is 0.169. The summed E-state index contributed by atoms with van der Waals surface area (Å²) >= 11 is 0. The lowest BCUT2D eigenvalue weighted by Gasteiger charge is -2.17. The second-order valence-electron chi connectivity index (χ2n) is 3.19. The van der Waals surface area contributed by atoms with Crippen molar-refractivity contribution in [1.82, 2.24) is 10.2 Å². The summed E-state index contributed by atoms with van der Waals surface area (Å²) in [5.74, 6) is 0.360. The summed E-state index contributed by atoms with van der Waals surface area (Å²) in [5.41, 5.74) is 5.56. The number of nitrogens with one attached hydrogen (secondary N) is 1. The minimum Gasteiger partial charge on any atom is -0.370 e. The Hall–Kier alpha value is -1.26. The Morgan fingerprint density at radius 2 is 1.93 bits per heavy atom. The van der Waals surface area contributed by atoms with Crippen molar-refractivity contribution in [3.8, 4) is 0 Å². The van der Waals surface area contributed by atoms with Crippen LogP contribution in [-0.2, 0) is 4.79 Å². The van der Waals surface area contributed by atoms with Gasteiger partial charge in [0, 0.05) is 19.6 Å². The molecule has 0 saturated heterocycles. The Bertz CT molecular complexity index is 211. The number of carbonyl (C=O) groups excluding carboxylic acids is 1. The van der Waals surface area contributed by atoms with Crippen LogP contribution < -0.4 is 11.1 Å². The van der Waals surface area contributed by atoms with E-state index >= 15 is 0 Å². The lowest BCUT2D eigenvalue weighted by Crippen LogP contribution is -2.36. The van der Waals surface area contributed by atoms with Gasteiger partial charge < -0.3 is 16.0 Å². The molecule has 0 heterocycles. The highest BCUT2D eigenvalue weighted by Crippen LogP contribution is 1.89. The molecule has 0 radical (unpaired) electrons. The molecule has 0 aromatic carbocycles. The molecule has 0 aliphatic rings. The Labute approximate surface area is 91.7 Å². The van der Waals surface area contributed by atoms with Gasteiger partial charge >= 0.3 is 0 Å². The lowest BCUT2D eigenvalue weighted by molar-refractivity contribution is -0.129. The molecule has 0 aliphatic heterocycles. The van der Waals surface area contributed by atoms with E-state index < -0.39 is 0 Å². The molecule has 0 aromatic heterocycles. The summed E-state index contributed by atoms with van der Waals surface area (Å²) in [6.07, 6.45) is 0.986. The van der Waals surface area contributed by atoms with Crippen molar-refractivity contribution in [2.75, 3.05) is 26.2 Å². The minimum atomic E-state index is 0.0150. The van der Waals surface area contributed by atoms with Crippen molar-refractivity contribution < 1.29 is 4.79 Å². The largest absolute Gasteiger partial charge is 0.370 e. The normalized spacial score (nSPS) is 11.3. The summed E-state index contributed by atoms with van der Waals surface area (Å²) in [4.78, 5) is 17.2. The van der Waals surface area contributed by atoms with Crippen molar-refractivity contribution >= 4 is 11.9 Å². The van der Waals surface area contributed by atoms with Crippen LogP contribution in [0.25, 0.3) is 0 Å². The SMILES string of the molecule is CCCNC(N)=NCC(=O)N(CC)CC. The minimum absolute atomic E-state index is 0.0150. The number of hydrogen-bond acceptors (Lipinski definition) is 2. The molecule has 15 heavy (non-hydrogen) atoms. The molecule has 3 N–H and O–H groups in total. The molecule has 0 aromatic rings. The molecule has 0 atom stereocenters. The van der Waals surface area contributed by atoms with Crippen molar-refractivity contribution in [1.29, 1.82) is 0 Å². The van der Waals surface area contributed by atoms with Gasteiger partial charge in [-0.1, -0.05) is 6.92 Å². The number of guanidine groups is 1. The van der Waals surface area contributed by atoms with Crippen molar-refractivity contribution in [3.63, 3.8) is 0 Å². The van der Waals surface area contributed by atoms with Gasteiger partial charge in [-0.2, -0.15) is 0 Å². The number of carbonyl (C=O) groups is 1. The summed E-state index contributed by atoms with van der Waals surface area (Å²) in [6, 6.07) is 0.